The molecule has 0 bridgehead atoms. The Hall–Kier alpha value is -3.10. The van der Waals surface area contributed by atoms with Crippen molar-refractivity contribution in [2.24, 2.45) is 5.10 Å². The van der Waals surface area contributed by atoms with E-state index in [4.69, 9.17) is 21.1 Å². The minimum absolute atomic E-state index is 0.109. The summed E-state index contributed by atoms with van der Waals surface area (Å²) in [5.41, 5.74) is 3.06. The second-order valence-electron chi connectivity index (χ2n) is 6.32. The van der Waals surface area contributed by atoms with E-state index in [1.165, 1.54) is 12.3 Å². The van der Waals surface area contributed by atoms with E-state index in [1.807, 2.05) is 24.3 Å². The summed E-state index contributed by atoms with van der Waals surface area (Å²) in [5, 5.41) is 16.0. The number of hydrazone groups is 1. The van der Waals surface area contributed by atoms with Gasteiger partial charge in [0.2, 0.25) is 0 Å². The summed E-state index contributed by atoms with van der Waals surface area (Å²) in [4.78, 5) is 23.8. The number of halogens is 2. The van der Waals surface area contributed by atoms with Crippen LogP contribution in [-0.2, 0) is 9.53 Å². The molecule has 0 aliphatic rings. The molecule has 0 atom stereocenters. The highest BCUT2D eigenvalue weighted by Gasteiger charge is 2.13. The molecule has 7 nitrogen and oxygen atoms in total. The third kappa shape index (κ3) is 5.74. The number of hydrogen-bond acceptors (Lipinski definition) is 6. The van der Waals surface area contributed by atoms with Gasteiger partial charge >= 0.3 is 5.97 Å². The molecule has 0 saturated carbocycles. The van der Waals surface area contributed by atoms with Crippen molar-refractivity contribution in [2.75, 3.05) is 13.2 Å². The molecule has 2 N–H and O–H groups in total. The summed E-state index contributed by atoms with van der Waals surface area (Å²) in [6, 6.07) is 13.7. The van der Waals surface area contributed by atoms with Crippen LogP contribution in [0, 0.1) is 0 Å². The Morgan fingerprint density at radius 2 is 1.90 bits per heavy atom. The minimum atomic E-state index is -0.556. The van der Waals surface area contributed by atoms with Gasteiger partial charge in [-0.2, -0.15) is 5.10 Å². The predicted octanol–water partition coefficient (Wildman–Crippen LogP) is 4.67. The Bertz CT molecular complexity index is 1140. The summed E-state index contributed by atoms with van der Waals surface area (Å²) in [6.07, 6.45) is 1.39. The van der Waals surface area contributed by atoms with Gasteiger partial charge in [0.1, 0.15) is 5.75 Å². The first-order valence-electron chi connectivity index (χ1n) is 9.21. The van der Waals surface area contributed by atoms with E-state index >= 15 is 0 Å². The van der Waals surface area contributed by atoms with Gasteiger partial charge in [-0.3, -0.25) is 4.79 Å². The van der Waals surface area contributed by atoms with Crippen molar-refractivity contribution in [1.82, 2.24) is 5.43 Å². The van der Waals surface area contributed by atoms with Gasteiger partial charge in [-0.15, -0.1) is 0 Å². The van der Waals surface area contributed by atoms with Crippen LogP contribution >= 0.6 is 27.5 Å². The highest BCUT2D eigenvalue weighted by atomic mass is 79.9. The molecule has 3 aromatic carbocycles. The predicted molar refractivity (Wildman–Crippen MR) is 122 cm³/mol. The molecular formula is C22H18BrClN2O5. The van der Waals surface area contributed by atoms with E-state index < -0.39 is 11.9 Å². The van der Waals surface area contributed by atoms with E-state index in [9.17, 15) is 14.7 Å². The highest BCUT2D eigenvalue weighted by molar-refractivity contribution is 9.10. The quantitative estimate of drug-likeness (QED) is 0.276. The largest absolute Gasteiger partial charge is 0.507 e. The Labute approximate surface area is 191 Å². The standard InChI is InChI=1S/C22H18BrClN2O5/c1-2-30-20(28)12-31-21-17(23)7-13(8-18(21)24)11-25-26-22(29)16-9-14-5-3-4-6-15(14)10-19(16)27/h3-11,27H,2,12H2,1H3,(H,26,29). The Balaban J connectivity index is 1.69. The molecule has 0 aromatic heterocycles. The molecule has 9 heteroatoms. The number of nitrogens with one attached hydrogen (secondary N) is 1. The maximum Gasteiger partial charge on any atom is 0.344 e. The molecule has 0 spiro atoms. The average molecular weight is 506 g/mol. The first-order valence-corrected chi connectivity index (χ1v) is 10.4. The number of rotatable bonds is 7. The van der Waals surface area contributed by atoms with Crippen LogP contribution in [0.25, 0.3) is 10.8 Å². The molecule has 0 unspecified atom stereocenters. The molecule has 0 aliphatic heterocycles. The van der Waals surface area contributed by atoms with Crippen molar-refractivity contribution in [3.05, 3.63) is 69.2 Å². The number of hydrogen-bond donors (Lipinski definition) is 2. The summed E-state index contributed by atoms with van der Waals surface area (Å²) in [5.74, 6) is -0.910. The maximum atomic E-state index is 12.4. The van der Waals surface area contributed by atoms with E-state index in [0.717, 1.165) is 10.8 Å². The molecule has 3 aromatic rings. The zero-order valence-electron chi connectivity index (χ0n) is 16.4. The monoisotopic (exact) mass is 504 g/mol. The maximum absolute atomic E-state index is 12.4. The number of fused-ring (bicyclic) bond motifs is 1. The number of ether oxygens (including phenoxy) is 2. The Morgan fingerprint density at radius 1 is 1.19 bits per heavy atom. The number of phenols is 1. The number of phenolic OH excluding ortho intramolecular Hbond substituents is 1. The van der Waals surface area contributed by atoms with E-state index in [1.54, 1.807) is 25.1 Å². The summed E-state index contributed by atoms with van der Waals surface area (Å²) in [7, 11) is 0. The number of esters is 1. The van der Waals surface area contributed by atoms with Crippen LogP contribution < -0.4 is 10.2 Å². The lowest BCUT2D eigenvalue weighted by molar-refractivity contribution is -0.145. The second-order valence-corrected chi connectivity index (χ2v) is 7.58. The third-order valence-corrected chi connectivity index (χ3v) is 5.02. The Morgan fingerprint density at radius 3 is 2.58 bits per heavy atom. The van der Waals surface area contributed by atoms with Crippen LogP contribution in [0.15, 0.2) is 58.1 Å². The number of carbonyl (C=O) groups excluding carboxylic acids is 2. The first-order chi connectivity index (χ1) is 14.9. The molecule has 31 heavy (non-hydrogen) atoms. The lowest BCUT2D eigenvalue weighted by Gasteiger charge is -2.10. The molecule has 0 saturated heterocycles. The molecule has 160 valence electrons. The summed E-state index contributed by atoms with van der Waals surface area (Å²) < 4.78 is 10.7. The van der Waals surface area contributed by atoms with Crippen LogP contribution in [0.3, 0.4) is 0 Å². The lowest BCUT2D eigenvalue weighted by Crippen LogP contribution is -2.17. The van der Waals surface area contributed by atoms with E-state index in [2.05, 4.69) is 26.5 Å². The SMILES string of the molecule is CCOC(=O)COc1c(Cl)cc(C=NNC(=O)c2cc3ccccc3cc2O)cc1Br. The summed E-state index contributed by atoms with van der Waals surface area (Å²) >= 11 is 9.55. The summed E-state index contributed by atoms with van der Waals surface area (Å²) in [6.45, 7) is 1.69. The van der Waals surface area contributed by atoms with Crippen molar-refractivity contribution in [3.63, 3.8) is 0 Å². The average Bonchev–Trinajstić information content (AvgIpc) is 2.72. The molecular weight excluding hydrogens is 488 g/mol. The van der Waals surface area contributed by atoms with E-state index in [-0.39, 0.29) is 35.3 Å². The lowest BCUT2D eigenvalue weighted by atomic mass is 10.1. The van der Waals surface area contributed by atoms with Gasteiger partial charge in [0.15, 0.2) is 12.4 Å². The smallest absolute Gasteiger partial charge is 0.344 e. The van der Waals surface area contributed by atoms with Crippen LogP contribution in [0.5, 0.6) is 11.5 Å². The molecule has 0 heterocycles. The number of benzene rings is 3. The van der Waals surface area contributed by atoms with Gasteiger partial charge in [0, 0.05) is 0 Å². The molecule has 1 amide bonds. The number of amides is 1. The number of aromatic hydroxyl groups is 1. The fourth-order valence-electron chi connectivity index (χ4n) is 2.76. The van der Waals surface area contributed by atoms with Crippen LogP contribution in [0.1, 0.15) is 22.8 Å². The fourth-order valence-corrected chi connectivity index (χ4v) is 3.75. The molecule has 0 aliphatic carbocycles. The van der Waals surface area contributed by atoms with Crippen molar-refractivity contribution >= 4 is 56.4 Å². The molecule has 3 rings (SSSR count). The fraction of sp³-hybridized carbons (Fsp3) is 0.136. The Kier molecular flexibility index (Phi) is 7.49. The van der Waals surface area contributed by atoms with Crippen LogP contribution in [-0.4, -0.2) is 36.4 Å². The van der Waals surface area contributed by atoms with Gasteiger partial charge in [-0.25, -0.2) is 10.2 Å². The molecule has 0 fully saturated rings. The van der Waals surface area contributed by atoms with Crippen molar-refractivity contribution in [2.45, 2.75) is 6.92 Å². The van der Waals surface area contributed by atoms with Gasteiger partial charge in [0.05, 0.1) is 27.9 Å². The van der Waals surface area contributed by atoms with Crippen LogP contribution in [0.4, 0.5) is 0 Å². The highest BCUT2D eigenvalue weighted by Crippen LogP contribution is 2.34. The van der Waals surface area contributed by atoms with Crippen molar-refractivity contribution in [1.29, 1.82) is 0 Å². The van der Waals surface area contributed by atoms with Crippen molar-refractivity contribution in [3.8, 4) is 11.5 Å². The van der Waals surface area contributed by atoms with Crippen molar-refractivity contribution < 1.29 is 24.2 Å². The number of nitrogens with zero attached hydrogens (tertiary/aromatic N) is 1. The van der Waals surface area contributed by atoms with Crippen LogP contribution in [0.2, 0.25) is 5.02 Å². The second kappa shape index (κ2) is 10.3. The van der Waals surface area contributed by atoms with Gasteiger partial charge in [-0.1, -0.05) is 35.9 Å². The number of carbonyl (C=O) groups is 2. The third-order valence-electron chi connectivity index (χ3n) is 4.15. The van der Waals surface area contributed by atoms with Gasteiger partial charge in [-0.05, 0) is 63.5 Å². The first kappa shape index (κ1) is 22.6. The zero-order valence-corrected chi connectivity index (χ0v) is 18.7. The normalized spacial score (nSPS) is 10.9. The minimum Gasteiger partial charge on any atom is -0.507 e. The topological polar surface area (TPSA) is 97.2 Å². The van der Waals surface area contributed by atoms with Gasteiger partial charge < -0.3 is 14.6 Å². The van der Waals surface area contributed by atoms with E-state index in [0.29, 0.717) is 10.0 Å². The van der Waals surface area contributed by atoms with Gasteiger partial charge in [0.25, 0.3) is 5.91 Å². The zero-order chi connectivity index (χ0) is 22.4. The molecule has 0 radical (unpaired) electrons.